The van der Waals surface area contributed by atoms with E-state index < -0.39 is 10.0 Å². The Hall–Kier alpha value is -2.97. The molecule has 0 unspecified atom stereocenters. The molecule has 2 aromatic rings. The molecule has 2 amide bonds. The van der Waals surface area contributed by atoms with E-state index in [2.05, 4.69) is 18.0 Å². The largest absolute Gasteiger partial charge is 0.350 e. The van der Waals surface area contributed by atoms with Crippen molar-refractivity contribution in [2.75, 3.05) is 19.6 Å². The minimum absolute atomic E-state index is 0.0541. The van der Waals surface area contributed by atoms with Crippen LogP contribution in [0.2, 0.25) is 0 Å². The van der Waals surface area contributed by atoms with Crippen LogP contribution in [0.1, 0.15) is 34.3 Å². The number of rotatable bonds is 5. The number of nitrogens with one attached hydrogen (secondary N) is 1. The first-order valence-corrected chi connectivity index (χ1v) is 12.2. The maximum Gasteiger partial charge on any atom is 0.254 e. The van der Waals surface area contributed by atoms with Gasteiger partial charge in [0.15, 0.2) is 0 Å². The first kappa shape index (κ1) is 22.2. The van der Waals surface area contributed by atoms with Crippen LogP contribution >= 0.6 is 0 Å². The highest BCUT2D eigenvalue weighted by Gasteiger charge is 2.30. The summed E-state index contributed by atoms with van der Waals surface area (Å²) in [6.07, 6.45) is 3.13. The van der Waals surface area contributed by atoms with E-state index in [4.69, 9.17) is 0 Å². The standard InChI is InChI=1S/C24H27N3O4S/c1-2-23(28)25-21-12-15-27(16-13-21)32(30,31)22-9-7-19(8-10-22)24(29)26-14-11-18-5-3-4-6-20(18)17-26/h2-10,21H,1,11-17H2,(H,25,28). The van der Waals surface area contributed by atoms with Crippen molar-refractivity contribution in [1.29, 1.82) is 0 Å². The molecule has 0 atom stereocenters. The summed E-state index contributed by atoms with van der Waals surface area (Å²) in [5.41, 5.74) is 2.90. The molecular weight excluding hydrogens is 426 g/mol. The summed E-state index contributed by atoms with van der Waals surface area (Å²) in [6.45, 7) is 5.31. The predicted molar refractivity (Wildman–Crippen MR) is 121 cm³/mol. The third-order valence-corrected chi connectivity index (χ3v) is 8.06. The second kappa shape index (κ2) is 9.26. The van der Waals surface area contributed by atoms with Crippen molar-refractivity contribution in [3.05, 3.63) is 77.9 Å². The van der Waals surface area contributed by atoms with Gasteiger partial charge < -0.3 is 10.2 Å². The number of carbonyl (C=O) groups excluding carboxylic acids is 2. The van der Waals surface area contributed by atoms with Gasteiger partial charge in [-0.25, -0.2) is 8.42 Å². The Balaban J connectivity index is 1.40. The van der Waals surface area contributed by atoms with Crippen LogP contribution in [-0.4, -0.2) is 55.1 Å². The van der Waals surface area contributed by atoms with E-state index in [1.807, 2.05) is 18.2 Å². The van der Waals surface area contributed by atoms with E-state index in [1.165, 1.54) is 28.1 Å². The molecule has 168 valence electrons. The molecule has 32 heavy (non-hydrogen) atoms. The van der Waals surface area contributed by atoms with Crippen molar-refractivity contribution >= 4 is 21.8 Å². The van der Waals surface area contributed by atoms with Gasteiger partial charge >= 0.3 is 0 Å². The third-order valence-electron chi connectivity index (χ3n) is 6.14. The molecule has 0 aromatic heterocycles. The molecule has 2 aliphatic rings. The van der Waals surface area contributed by atoms with Crippen LogP contribution in [0, 0.1) is 0 Å². The average Bonchev–Trinajstić information content (AvgIpc) is 2.83. The van der Waals surface area contributed by atoms with Crippen LogP contribution in [0.5, 0.6) is 0 Å². The lowest BCUT2D eigenvalue weighted by Gasteiger charge is -2.31. The zero-order valence-corrected chi connectivity index (χ0v) is 18.7. The fourth-order valence-electron chi connectivity index (χ4n) is 4.27. The summed E-state index contributed by atoms with van der Waals surface area (Å²) in [7, 11) is -3.65. The smallest absolute Gasteiger partial charge is 0.254 e. The van der Waals surface area contributed by atoms with Crippen LogP contribution in [0.15, 0.2) is 66.1 Å². The number of sulfonamides is 1. The highest BCUT2D eigenvalue weighted by molar-refractivity contribution is 7.89. The molecule has 8 heteroatoms. The zero-order valence-electron chi connectivity index (χ0n) is 17.9. The van der Waals surface area contributed by atoms with Gasteiger partial charge in [0.05, 0.1) is 4.90 Å². The van der Waals surface area contributed by atoms with Gasteiger partial charge in [0.1, 0.15) is 0 Å². The molecule has 0 bridgehead atoms. The van der Waals surface area contributed by atoms with Crippen LogP contribution in [-0.2, 0) is 27.8 Å². The number of carbonyl (C=O) groups is 2. The van der Waals surface area contributed by atoms with Gasteiger partial charge in [-0.3, -0.25) is 9.59 Å². The SMILES string of the molecule is C=CC(=O)NC1CCN(S(=O)(=O)c2ccc(C(=O)N3CCc4ccccc4C3)cc2)CC1. The lowest BCUT2D eigenvalue weighted by Crippen LogP contribution is -2.46. The highest BCUT2D eigenvalue weighted by atomic mass is 32.2. The zero-order chi connectivity index (χ0) is 22.7. The summed E-state index contributed by atoms with van der Waals surface area (Å²) in [5, 5.41) is 2.82. The van der Waals surface area contributed by atoms with Gasteiger partial charge in [0.2, 0.25) is 15.9 Å². The van der Waals surface area contributed by atoms with Crippen molar-refractivity contribution in [2.24, 2.45) is 0 Å². The Bertz CT molecular complexity index is 1120. The molecule has 7 nitrogen and oxygen atoms in total. The number of nitrogens with zero attached hydrogens (tertiary/aromatic N) is 2. The van der Waals surface area contributed by atoms with E-state index in [-0.39, 0.29) is 22.8 Å². The molecule has 0 saturated carbocycles. The molecule has 4 rings (SSSR count). The van der Waals surface area contributed by atoms with Crippen molar-refractivity contribution in [2.45, 2.75) is 36.7 Å². The van der Waals surface area contributed by atoms with Gasteiger partial charge in [-0.05, 0) is 60.7 Å². The van der Waals surface area contributed by atoms with Crippen molar-refractivity contribution < 1.29 is 18.0 Å². The van der Waals surface area contributed by atoms with Crippen LogP contribution in [0.3, 0.4) is 0 Å². The van der Waals surface area contributed by atoms with E-state index >= 15 is 0 Å². The van der Waals surface area contributed by atoms with E-state index in [1.54, 1.807) is 17.0 Å². The lowest BCUT2D eigenvalue weighted by molar-refractivity contribution is -0.117. The number of hydrogen-bond acceptors (Lipinski definition) is 4. The van der Waals surface area contributed by atoms with Gasteiger partial charge in [-0.1, -0.05) is 30.8 Å². The number of amides is 2. The second-order valence-corrected chi connectivity index (χ2v) is 10.1. The molecule has 0 spiro atoms. The third kappa shape index (κ3) is 4.61. The second-order valence-electron chi connectivity index (χ2n) is 8.16. The molecule has 0 aliphatic carbocycles. The van der Waals surface area contributed by atoms with Crippen molar-refractivity contribution in [3.63, 3.8) is 0 Å². The number of benzene rings is 2. The van der Waals surface area contributed by atoms with Gasteiger partial charge in [-0.2, -0.15) is 4.31 Å². The fraction of sp³-hybridized carbons (Fsp3) is 0.333. The maximum absolute atomic E-state index is 13.0. The highest BCUT2D eigenvalue weighted by Crippen LogP contribution is 2.23. The summed E-state index contributed by atoms with van der Waals surface area (Å²) in [4.78, 5) is 26.4. The molecule has 1 saturated heterocycles. The van der Waals surface area contributed by atoms with Crippen molar-refractivity contribution in [1.82, 2.24) is 14.5 Å². The maximum atomic E-state index is 13.0. The summed E-state index contributed by atoms with van der Waals surface area (Å²) in [5.74, 6) is -0.342. The predicted octanol–water partition coefficient (Wildman–Crippen LogP) is 2.34. The molecule has 1 N–H and O–H groups in total. The van der Waals surface area contributed by atoms with Gasteiger partial charge in [0, 0.05) is 37.8 Å². The van der Waals surface area contributed by atoms with Crippen LogP contribution < -0.4 is 5.32 Å². The Morgan fingerprint density at radius 2 is 1.62 bits per heavy atom. The first-order valence-electron chi connectivity index (χ1n) is 10.8. The summed E-state index contributed by atoms with van der Waals surface area (Å²) < 4.78 is 27.5. The monoisotopic (exact) mass is 453 g/mol. The van der Waals surface area contributed by atoms with E-state index in [0.29, 0.717) is 44.6 Å². The minimum Gasteiger partial charge on any atom is -0.350 e. The Kier molecular flexibility index (Phi) is 6.43. The molecule has 2 aromatic carbocycles. The van der Waals surface area contributed by atoms with Crippen LogP contribution in [0.4, 0.5) is 0 Å². The quantitative estimate of drug-likeness (QED) is 0.704. The topological polar surface area (TPSA) is 86.8 Å². The Labute approximate surface area is 188 Å². The lowest BCUT2D eigenvalue weighted by atomic mass is 9.99. The molecular formula is C24H27N3O4S. The van der Waals surface area contributed by atoms with Crippen LogP contribution in [0.25, 0.3) is 0 Å². The average molecular weight is 454 g/mol. The molecule has 0 radical (unpaired) electrons. The fourth-order valence-corrected chi connectivity index (χ4v) is 5.74. The number of fused-ring (bicyclic) bond motifs is 1. The molecule has 2 heterocycles. The summed E-state index contributed by atoms with van der Waals surface area (Å²) in [6, 6.07) is 14.3. The molecule has 2 aliphatic heterocycles. The minimum atomic E-state index is -3.65. The Morgan fingerprint density at radius 3 is 2.28 bits per heavy atom. The van der Waals surface area contributed by atoms with E-state index in [9.17, 15) is 18.0 Å². The normalized spacial score (nSPS) is 17.4. The number of piperidine rings is 1. The first-order chi connectivity index (χ1) is 15.4. The van der Waals surface area contributed by atoms with Gasteiger partial charge in [-0.15, -0.1) is 0 Å². The number of hydrogen-bond donors (Lipinski definition) is 1. The Morgan fingerprint density at radius 1 is 0.969 bits per heavy atom. The van der Waals surface area contributed by atoms with E-state index in [0.717, 1.165) is 12.0 Å². The summed E-state index contributed by atoms with van der Waals surface area (Å²) >= 11 is 0. The van der Waals surface area contributed by atoms with Gasteiger partial charge in [0.25, 0.3) is 5.91 Å². The molecule has 1 fully saturated rings. The van der Waals surface area contributed by atoms with Crippen molar-refractivity contribution in [3.8, 4) is 0 Å².